The molecular formula is C11H18O5. The van der Waals surface area contributed by atoms with E-state index in [2.05, 4.69) is 0 Å². The van der Waals surface area contributed by atoms with Crippen LogP contribution >= 0.6 is 0 Å². The van der Waals surface area contributed by atoms with Gasteiger partial charge in [-0.25, -0.2) is 0 Å². The van der Waals surface area contributed by atoms with E-state index in [0.717, 1.165) is 12.8 Å². The Balaban J connectivity index is 3.72. The Bertz CT molecular complexity index is 259. The number of carbonyl (C=O) groups is 3. The van der Waals surface area contributed by atoms with Crippen molar-refractivity contribution in [3.63, 3.8) is 0 Å². The quantitative estimate of drug-likeness (QED) is 0.588. The molecule has 0 aromatic heterocycles. The summed E-state index contributed by atoms with van der Waals surface area (Å²) in [7, 11) is 0. The zero-order valence-electron chi connectivity index (χ0n) is 9.44. The van der Waals surface area contributed by atoms with Crippen LogP contribution in [0.1, 0.15) is 45.4 Å². The summed E-state index contributed by atoms with van der Waals surface area (Å²) < 4.78 is 0. The van der Waals surface area contributed by atoms with Crippen molar-refractivity contribution in [3.05, 3.63) is 0 Å². The van der Waals surface area contributed by atoms with Crippen LogP contribution in [-0.4, -0.2) is 27.9 Å². The van der Waals surface area contributed by atoms with Gasteiger partial charge in [0.15, 0.2) is 0 Å². The first-order valence-electron chi connectivity index (χ1n) is 5.37. The van der Waals surface area contributed by atoms with Gasteiger partial charge in [0, 0.05) is 6.42 Å². The Labute approximate surface area is 94.5 Å². The number of hydrogen-bond donors (Lipinski definition) is 2. The molecule has 1 unspecified atom stereocenters. The van der Waals surface area contributed by atoms with Crippen molar-refractivity contribution in [2.24, 2.45) is 5.92 Å². The van der Waals surface area contributed by atoms with Gasteiger partial charge in [-0.1, -0.05) is 12.8 Å². The molecule has 0 aromatic rings. The largest absolute Gasteiger partial charge is 0.481 e. The lowest BCUT2D eigenvalue weighted by molar-refractivity contribution is -0.148. The second kappa shape index (κ2) is 7.84. The van der Waals surface area contributed by atoms with Gasteiger partial charge in [-0.05, 0) is 19.8 Å². The summed E-state index contributed by atoms with van der Waals surface area (Å²) in [6.45, 7) is 1.52. The van der Waals surface area contributed by atoms with Gasteiger partial charge in [-0.2, -0.15) is 0 Å². The number of rotatable bonds is 9. The van der Waals surface area contributed by atoms with Gasteiger partial charge in [0.05, 0.1) is 12.3 Å². The number of aliphatic carboxylic acids is 2. The molecule has 92 valence electrons. The molecule has 0 aliphatic rings. The highest BCUT2D eigenvalue weighted by Gasteiger charge is 2.20. The lowest BCUT2D eigenvalue weighted by atomic mass is 9.97. The highest BCUT2D eigenvalue weighted by molar-refractivity contribution is 5.77. The number of unbranched alkanes of at least 4 members (excludes halogenated alkanes) is 2. The Morgan fingerprint density at radius 3 is 2.12 bits per heavy atom. The Kier molecular flexibility index (Phi) is 7.16. The summed E-state index contributed by atoms with van der Waals surface area (Å²) >= 11 is 0. The van der Waals surface area contributed by atoms with Crippen molar-refractivity contribution in [2.45, 2.75) is 45.4 Å². The molecule has 0 aliphatic carbocycles. The number of carbonyl (C=O) groups excluding carboxylic acids is 1. The van der Waals surface area contributed by atoms with Crippen LogP contribution in [0.3, 0.4) is 0 Å². The van der Waals surface area contributed by atoms with E-state index in [1.54, 1.807) is 0 Å². The Hall–Kier alpha value is -1.39. The van der Waals surface area contributed by atoms with Crippen LogP contribution in [0.15, 0.2) is 0 Å². The predicted octanol–water partition coefficient (Wildman–Crippen LogP) is 1.70. The predicted molar refractivity (Wildman–Crippen MR) is 57.1 cm³/mol. The molecule has 0 aromatic carbocycles. The average molecular weight is 230 g/mol. The van der Waals surface area contributed by atoms with Crippen LogP contribution in [0.5, 0.6) is 0 Å². The van der Waals surface area contributed by atoms with E-state index in [9.17, 15) is 14.4 Å². The lowest BCUT2D eigenvalue weighted by Gasteiger charge is -2.08. The SMILES string of the molecule is CC(=O)CCCCCC(CC(=O)O)C(=O)O. The molecule has 0 bridgehead atoms. The highest BCUT2D eigenvalue weighted by Crippen LogP contribution is 2.15. The Morgan fingerprint density at radius 1 is 1.06 bits per heavy atom. The van der Waals surface area contributed by atoms with Crippen molar-refractivity contribution in [2.75, 3.05) is 0 Å². The van der Waals surface area contributed by atoms with E-state index >= 15 is 0 Å². The van der Waals surface area contributed by atoms with Crippen LogP contribution in [0.2, 0.25) is 0 Å². The third-order valence-electron chi connectivity index (χ3n) is 2.35. The molecule has 5 heteroatoms. The summed E-state index contributed by atoms with van der Waals surface area (Å²) in [4.78, 5) is 31.7. The lowest BCUT2D eigenvalue weighted by Crippen LogP contribution is -2.17. The normalized spacial score (nSPS) is 12.1. The van der Waals surface area contributed by atoms with E-state index in [1.807, 2.05) is 0 Å². The number of ketones is 1. The molecule has 0 radical (unpaired) electrons. The van der Waals surface area contributed by atoms with Gasteiger partial charge < -0.3 is 15.0 Å². The summed E-state index contributed by atoms with van der Waals surface area (Å²) in [5.41, 5.74) is 0. The zero-order chi connectivity index (χ0) is 12.6. The Morgan fingerprint density at radius 2 is 1.69 bits per heavy atom. The molecule has 0 rings (SSSR count). The van der Waals surface area contributed by atoms with Crippen molar-refractivity contribution >= 4 is 17.7 Å². The molecule has 0 aliphatic heterocycles. The van der Waals surface area contributed by atoms with Gasteiger partial charge in [-0.15, -0.1) is 0 Å². The average Bonchev–Trinajstić information content (AvgIpc) is 2.14. The molecule has 0 saturated carbocycles. The summed E-state index contributed by atoms with van der Waals surface area (Å²) in [5.74, 6) is -2.83. The molecule has 0 fully saturated rings. The van der Waals surface area contributed by atoms with Crippen LogP contribution in [0.25, 0.3) is 0 Å². The molecule has 0 amide bonds. The molecule has 2 N–H and O–H groups in total. The molecule has 16 heavy (non-hydrogen) atoms. The molecule has 1 atom stereocenters. The van der Waals surface area contributed by atoms with Crippen LogP contribution in [0, 0.1) is 5.92 Å². The molecule has 0 spiro atoms. The second-order valence-electron chi connectivity index (χ2n) is 3.93. The van der Waals surface area contributed by atoms with Gasteiger partial charge in [0.25, 0.3) is 0 Å². The van der Waals surface area contributed by atoms with Crippen LogP contribution in [0.4, 0.5) is 0 Å². The number of hydrogen-bond acceptors (Lipinski definition) is 3. The standard InChI is InChI=1S/C11H18O5/c1-8(12)5-3-2-4-6-9(11(15)16)7-10(13)14/h9H,2-7H2,1H3,(H,13,14)(H,15,16). The minimum absolute atomic E-state index is 0.125. The number of carboxylic acids is 2. The number of Topliss-reactive ketones (excluding diaryl/α,β-unsaturated/α-hetero) is 1. The van der Waals surface area contributed by atoms with Gasteiger partial charge in [0.1, 0.15) is 5.78 Å². The van der Waals surface area contributed by atoms with Gasteiger partial charge in [0.2, 0.25) is 0 Å². The fraction of sp³-hybridized carbons (Fsp3) is 0.727. The molecular weight excluding hydrogens is 212 g/mol. The maximum atomic E-state index is 10.7. The van der Waals surface area contributed by atoms with Crippen molar-refractivity contribution < 1.29 is 24.6 Å². The van der Waals surface area contributed by atoms with E-state index in [0.29, 0.717) is 19.3 Å². The summed E-state index contributed by atoms with van der Waals surface area (Å²) in [5, 5.41) is 17.2. The van der Waals surface area contributed by atoms with Gasteiger partial charge in [-0.3, -0.25) is 9.59 Å². The monoisotopic (exact) mass is 230 g/mol. The highest BCUT2D eigenvalue weighted by atomic mass is 16.4. The third kappa shape index (κ3) is 7.96. The van der Waals surface area contributed by atoms with Crippen LogP contribution in [-0.2, 0) is 14.4 Å². The third-order valence-corrected chi connectivity index (χ3v) is 2.35. The molecule has 0 saturated heterocycles. The maximum absolute atomic E-state index is 10.7. The zero-order valence-corrected chi connectivity index (χ0v) is 9.44. The first-order chi connectivity index (χ1) is 7.43. The molecule has 5 nitrogen and oxygen atoms in total. The van der Waals surface area contributed by atoms with E-state index in [4.69, 9.17) is 10.2 Å². The maximum Gasteiger partial charge on any atom is 0.307 e. The van der Waals surface area contributed by atoms with Crippen molar-refractivity contribution in [1.29, 1.82) is 0 Å². The fourth-order valence-electron chi connectivity index (χ4n) is 1.47. The number of carboxylic acid groups (broad SMARTS) is 2. The van der Waals surface area contributed by atoms with Gasteiger partial charge >= 0.3 is 11.9 Å². The van der Waals surface area contributed by atoms with E-state index < -0.39 is 17.9 Å². The minimum atomic E-state index is -1.09. The molecule has 0 heterocycles. The first kappa shape index (κ1) is 14.6. The van der Waals surface area contributed by atoms with E-state index in [-0.39, 0.29) is 12.2 Å². The van der Waals surface area contributed by atoms with Crippen molar-refractivity contribution in [1.82, 2.24) is 0 Å². The topological polar surface area (TPSA) is 91.7 Å². The minimum Gasteiger partial charge on any atom is -0.481 e. The summed E-state index contributed by atoms with van der Waals surface area (Å²) in [6, 6.07) is 0. The fourth-order valence-corrected chi connectivity index (χ4v) is 1.47. The van der Waals surface area contributed by atoms with Crippen LogP contribution < -0.4 is 0 Å². The second-order valence-corrected chi connectivity index (χ2v) is 3.93. The summed E-state index contributed by atoms with van der Waals surface area (Å²) in [6.07, 6.45) is 2.70. The van der Waals surface area contributed by atoms with E-state index in [1.165, 1.54) is 6.92 Å². The first-order valence-corrected chi connectivity index (χ1v) is 5.37. The van der Waals surface area contributed by atoms with Crippen molar-refractivity contribution in [3.8, 4) is 0 Å². The smallest absolute Gasteiger partial charge is 0.307 e.